The Hall–Kier alpha value is -1.56. The maximum Gasteiger partial charge on any atom is 0.222 e. The van der Waals surface area contributed by atoms with Gasteiger partial charge in [-0.3, -0.25) is 9.79 Å². The van der Waals surface area contributed by atoms with E-state index in [1.165, 1.54) is 5.56 Å². The van der Waals surface area contributed by atoms with Crippen LogP contribution in [0.15, 0.2) is 21.8 Å². The molecule has 0 aliphatic carbocycles. The Labute approximate surface area is 124 Å². The average molecular weight is 294 g/mol. The Morgan fingerprint density at radius 2 is 2.45 bits per heavy atom. The van der Waals surface area contributed by atoms with Gasteiger partial charge in [0, 0.05) is 39.1 Å². The standard InChI is InChI=1S/C14H22N4OS/c1-3-13(19)18-6-4-12(9-18)17-14(15-2)16-8-11-5-7-20-10-11/h5,7,10,12H,3-4,6,8-9H2,1-2H3,(H2,15,16,17). The van der Waals surface area contributed by atoms with Crippen LogP contribution in [0, 0.1) is 0 Å². The summed E-state index contributed by atoms with van der Waals surface area (Å²) in [6.45, 7) is 4.29. The van der Waals surface area contributed by atoms with Crippen LogP contribution >= 0.6 is 11.3 Å². The van der Waals surface area contributed by atoms with Crippen molar-refractivity contribution in [2.75, 3.05) is 20.1 Å². The first-order chi connectivity index (χ1) is 9.72. The van der Waals surface area contributed by atoms with Gasteiger partial charge in [0.15, 0.2) is 5.96 Å². The number of carbonyl (C=O) groups is 1. The zero-order valence-electron chi connectivity index (χ0n) is 12.1. The number of nitrogens with one attached hydrogen (secondary N) is 2. The molecule has 1 fully saturated rings. The molecule has 1 atom stereocenters. The maximum atomic E-state index is 11.6. The van der Waals surface area contributed by atoms with E-state index in [-0.39, 0.29) is 5.91 Å². The normalized spacial score (nSPS) is 19.2. The van der Waals surface area contributed by atoms with Crippen molar-refractivity contribution >= 4 is 23.2 Å². The van der Waals surface area contributed by atoms with Crippen LogP contribution in [0.2, 0.25) is 0 Å². The summed E-state index contributed by atoms with van der Waals surface area (Å²) in [5.74, 6) is 1.03. The summed E-state index contributed by atoms with van der Waals surface area (Å²) in [7, 11) is 1.77. The number of thiophene rings is 1. The first-order valence-electron chi connectivity index (χ1n) is 6.99. The lowest BCUT2D eigenvalue weighted by molar-refractivity contribution is -0.129. The lowest BCUT2D eigenvalue weighted by Gasteiger charge is -2.18. The second-order valence-electron chi connectivity index (χ2n) is 4.88. The summed E-state index contributed by atoms with van der Waals surface area (Å²) in [6.07, 6.45) is 1.56. The number of likely N-dealkylation sites (tertiary alicyclic amines) is 1. The van der Waals surface area contributed by atoms with Crippen molar-refractivity contribution < 1.29 is 4.79 Å². The number of nitrogens with zero attached hydrogens (tertiary/aromatic N) is 2. The van der Waals surface area contributed by atoms with Crippen molar-refractivity contribution in [2.45, 2.75) is 32.4 Å². The Balaban J connectivity index is 1.78. The van der Waals surface area contributed by atoms with Crippen molar-refractivity contribution in [3.05, 3.63) is 22.4 Å². The van der Waals surface area contributed by atoms with E-state index in [1.54, 1.807) is 18.4 Å². The molecule has 6 heteroatoms. The monoisotopic (exact) mass is 294 g/mol. The van der Waals surface area contributed by atoms with Crippen molar-refractivity contribution in [2.24, 2.45) is 4.99 Å². The molecule has 20 heavy (non-hydrogen) atoms. The quantitative estimate of drug-likeness (QED) is 0.652. The molecule has 1 aromatic rings. The predicted molar refractivity (Wildman–Crippen MR) is 82.9 cm³/mol. The molecule has 2 N–H and O–H groups in total. The van der Waals surface area contributed by atoms with Crippen LogP contribution in [0.25, 0.3) is 0 Å². The molecule has 0 spiro atoms. The van der Waals surface area contributed by atoms with Crippen LogP contribution in [0.5, 0.6) is 0 Å². The predicted octanol–water partition coefficient (Wildman–Crippen LogP) is 1.42. The highest BCUT2D eigenvalue weighted by Crippen LogP contribution is 2.10. The second kappa shape index (κ2) is 7.28. The van der Waals surface area contributed by atoms with Gasteiger partial charge in [0.2, 0.25) is 5.91 Å². The molecule has 1 amide bonds. The van der Waals surface area contributed by atoms with Gasteiger partial charge in [-0.2, -0.15) is 11.3 Å². The number of amides is 1. The zero-order chi connectivity index (χ0) is 14.4. The smallest absolute Gasteiger partial charge is 0.222 e. The average Bonchev–Trinajstić information content (AvgIpc) is 3.13. The number of hydrogen-bond acceptors (Lipinski definition) is 3. The van der Waals surface area contributed by atoms with E-state index in [9.17, 15) is 4.79 Å². The fraction of sp³-hybridized carbons (Fsp3) is 0.571. The lowest BCUT2D eigenvalue weighted by atomic mass is 10.3. The highest BCUT2D eigenvalue weighted by Gasteiger charge is 2.25. The molecule has 1 unspecified atom stereocenters. The van der Waals surface area contributed by atoms with E-state index >= 15 is 0 Å². The minimum Gasteiger partial charge on any atom is -0.352 e. The fourth-order valence-corrected chi connectivity index (χ4v) is 2.96. The van der Waals surface area contributed by atoms with Crippen LogP contribution in [0.4, 0.5) is 0 Å². The van der Waals surface area contributed by atoms with Crippen LogP contribution in [0.1, 0.15) is 25.3 Å². The molecule has 0 saturated carbocycles. The van der Waals surface area contributed by atoms with Crippen LogP contribution in [-0.4, -0.2) is 42.9 Å². The third-order valence-corrected chi connectivity index (χ3v) is 4.18. The lowest BCUT2D eigenvalue weighted by Crippen LogP contribution is -2.44. The summed E-state index contributed by atoms with van der Waals surface area (Å²) in [5.41, 5.74) is 1.26. The molecule has 2 rings (SSSR count). The number of rotatable bonds is 4. The molecule has 1 aliphatic rings. The molecule has 1 aliphatic heterocycles. The van der Waals surface area contributed by atoms with Gasteiger partial charge in [-0.15, -0.1) is 0 Å². The summed E-state index contributed by atoms with van der Waals surface area (Å²) >= 11 is 1.69. The van der Waals surface area contributed by atoms with Crippen LogP contribution in [0.3, 0.4) is 0 Å². The fourth-order valence-electron chi connectivity index (χ4n) is 2.30. The topological polar surface area (TPSA) is 56.7 Å². The number of aliphatic imine (C=N–C) groups is 1. The van der Waals surface area contributed by atoms with Crippen LogP contribution < -0.4 is 10.6 Å². The summed E-state index contributed by atoms with van der Waals surface area (Å²) < 4.78 is 0. The Morgan fingerprint density at radius 1 is 1.60 bits per heavy atom. The van der Waals surface area contributed by atoms with E-state index in [2.05, 4.69) is 32.5 Å². The number of hydrogen-bond donors (Lipinski definition) is 2. The molecule has 2 heterocycles. The van der Waals surface area contributed by atoms with Gasteiger partial charge >= 0.3 is 0 Å². The van der Waals surface area contributed by atoms with Gasteiger partial charge in [-0.1, -0.05) is 6.92 Å². The number of carbonyl (C=O) groups excluding carboxylic acids is 1. The van der Waals surface area contributed by atoms with E-state index in [1.807, 2.05) is 11.8 Å². The Kier molecular flexibility index (Phi) is 5.40. The van der Waals surface area contributed by atoms with E-state index in [0.717, 1.165) is 32.0 Å². The van der Waals surface area contributed by atoms with Gasteiger partial charge < -0.3 is 15.5 Å². The minimum atomic E-state index is 0.232. The van der Waals surface area contributed by atoms with Gasteiger partial charge in [-0.25, -0.2) is 0 Å². The Bertz CT molecular complexity index is 458. The zero-order valence-corrected chi connectivity index (χ0v) is 12.9. The molecule has 0 aromatic carbocycles. The molecule has 0 bridgehead atoms. The van der Waals surface area contributed by atoms with Gasteiger partial charge in [0.25, 0.3) is 0 Å². The van der Waals surface area contributed by atoms with Crippen molar-refractivity contribution in [3.63, 3.8) is 0 Å². The molecule has 110 valence electrons. The van der Waals surface area contributed by atoms with Crippen molar-refractivity contribution in [3.8, 4) is 0 Å². The molecular weight excluding hydrogens is 272 g/mol. The van der Waals surface area contributed by atoms with E-state index in [4.69, 9.17) is 0 Å². The first kappa shape index (κ1) is 14.8. The van der Waals surface area contributed by atoms with Crippen molar-refractivity contribution in [1.82, 2.24) is 15.5 Å². The third-order valence-electron chi connectivity index (χ3n) is 3.45. The Morgan fingerprint density at radius 3 is 3.10 bits per heavy atom. The molecular formula is C14H22N4OS. The SMILES string of the molecule is CCC(=O)N1CCC(NC(=NC)NCc2ccsc2)C1. The van der Waals surface area contributed by atoms with Crippen LogP contribution in [-0.2, 0) is 11.3 Å². The molecule has 5 nitrogen and oxygen atoms in total. The van der Waals surface area contributed by atoms with Crippen molar-refractivity contribution in [1.29, 1.82) is 0 Å². The first-order valence-corrected chi connectivity index (χ1v) is 7.93. The highest BCUT2D eigenvalue weighted by atomic mass is 32.1. The summed E-state index contributed by atoms with van der Waals surface area (Å²) in [5, 5.41) is 10.9. The highest BCUT2D eigenvalue weighted by molar-refractivity contribution is 7.07. The molecule has 0 radical (unpaired) electrons. The molecule has 1 aromatic heterocycles. The summed E-state index contributed by atoms with van der Waals surface area (Å²) in [6, 6.07) is 2.39. The van der Waals surface area contributed by atoms with Gasteiger partial charge in [-0.05, 0) is 28.8 Å². The van der Waals surface area contributed by atoms with Gasteiger partial charge in [0.1, 0.15) is 0 Å². The van der Waals surface area contributed by atoms with E-state index < -0.39 is 0 Å². The van der Waals surface area contributed by atoms with E-state index in [0.29, 0.717) is 12.5 Å². The number of guanidine groups is 1. The molecule has 1 saturated heterocycles. The largest absolute Gasteiger partial charge is 0.352 e. The van der Waals surface area contributed by atoms with Gasteiger partial charge in [0.05, 0.1) is 0 Å². The summed E-state index contributed by atoms with van der Waals surface area (Å²) in [4.78, 5) is 17.8. The third kappa shape index (κ3) is 3.96. The minimum absolute atomic E-state index is 0.232. The second-order valence-corrected chi connectivity index (χ2v) is 5.66. The maximum absolute atomic E-state index is 11.6.